The molecular weight excluding hydrogens is 275 g/mol. The number of rotatable bonds is 4. The fourth-order valence-corrected chi connectivity index (χ4v) is 2.26. The molecule has 1 N–H and O–H groups in total. The van der Waals surface area contributed by atoms with Crippen LogP contribution in [0, 0.1) is 0 Å². The van der Waals surface area contributed by atoms with Gasteiger partial charge in [-0.1, -0.05) is 53.8 Å². The van der Waals surface area contributed by atoms with Crippen LogP contribution in [-0.2, 0) is 6.61 Å². The molecule has 1 unspecified atom stereocenters. The van der Waals surface area contributed by atoms with Crippen LogP contribution in [0.5, 0.6) is 0 Å². The Morgan fingerprint density at radius 3 is 2.85 bits per heavy atom. The maximum atomic E-state index is 8.97. The molecule has 0 aliphatic carbocycles. The lowest BCUT2D eigenvalue weighted by atomic mass is 9.97. The summed E-state index contributed by atoms with van der Waals surface area (Å²) in [4.78, 5) is 0. The standard InChI is InChI=1S/C11H15IO/c1-9(5-6-12)11-4-2-3-10(7-11)8-13/h2-4,7,9,13H,5-6,8H2,1H3. The van der Waals surface area contributed by atoms with Crippen LogP contribution in [0.15, 0.2) is 24.3 Å². The fourth-order valence-electron chi connectivity index (χ4n) is 1.33. The zero-order chi connectivity index (χ0) is 9.68. The van der Waals surface area contributed by atoms with Crippen molar-refractivity contribution < 1.29 is 5.11 Å². The van der Waals surface area contributed by atoms with Crippen LogP contribution in [0.3, 0.4) is 0 Å². The third-order valence-corrected chi connectivity index (χ3v) is 2.87. The molecule has 13 heavy (non-hydrogen) atoms. The van der Waals surface area contributed by atoms with Crippen molar-refractivity contribution in [1.29, 1.82) is 0 Å². The highest BCUT2D eigenvalue weighted by Gasteiger charge is 2.04. The number of hydrogen-bond acceptors (Lipinski definition) is 1. The van der Waals surface area contributed by atoms with Gasteiger partial charge in [-0.25, -0.2) is 0 Å². The van der Waals surface area contributed by atoms with Crippen LogP contribution in [-0.4, -0.2) is 9.53 Å². The smallest absolute Gasteiger partial charge is 0.0681 e. The van der Waals surface area contributed by atoms with Crippen molar-refractivity contribution in [3.8, 4) is 0 Å². The zero-order valence-corrected chi connectivity index (χ0v) is 9.99. The van der Waals surface area contributed by atoms with E-state index >= 15 is 0 Å². The minimum Gasteiger partial charge on any atom is -0.392 e. The van der Waals surface area contributed by atoms with E-state index in [0.29, 0.717) is 5.92 Å². The molecule has 1 aromatic rings. The van der Waals surface area contributed by atoms with Gasteiger partial charge in [-0.3, -0.25) is 0 Å². The van der Waals surface area contributed by atoms with Gasteiger partial charge < -0.3 is 5.11 Å². The van der Waals surface area contributed by atoms with Crippen LogP contribution in [0.1, 0.15) is 30.4 Å². The second-order valence-electron chi connectivity index (χ2n) is 3.28. The van der Waals surface area contributed by atoms with Gasteiger partial charge in [0, 0.05) is 4.43 Å². The van der Waals surface area contributed by atoms with Gasteiger partial charge in [0.1, 0.15) is 0 Å². The quantitative estimate of drug-likeness (QED) is 0.667. The molecule has 0 aliphatic heterocycles. The first-order valence-electron chi connectivity index (χ1n) is 4.53. The minimum atomic E-state index is 0.144. The predicted molar refractivity (Wildman–Crippen MR) is 64.3 cm³/mol. The highest BCUT2D eigenvalue weighted by molar-refractivity contribution is 14.1. The van der Waals surface area contributed by atoms with E-state index in [9.17, 15) is 0 Å². The summed E-state index contributed by atoms with van der Waals surface area (Å²) in [6.07, 6.45) is 1.20. The molecule has 0 aliphatic rings. The van der Waals surface area contributed by atoms with E-state index in [1.165, 1.54) is 16.4 Å². The summed E-state index contributed by atoms with van der Waals surface area (Å²) in [5.74, 6) is 0.600. The number of aliphatic hydroxyl groups is 1. The van der Waals surface area contributed by atoms with Crippen LogP contribution in [0.2, 0.25) is 0 Å². The predicted octanol–water partition coefficient (Wildman–Crippen LogP) is 3.11. The number of benzene rings is 1. The molecule has 72 valence electrons. The number of halogens is 1. The van der Waals surface area contributed by atoms with Crippen molar-refractivity contribution in [2.75, 3.05) is 4.43 Å². The normalized spacial score (nSPS) is 12.8. The molecule has 1 rings (SSSR count). The molecular formula is C11H15IO. The van der Waals surface area contributed by atoms with E-state index in [2.05, 4.69) is 41.6 Å². The lowest BCUT2D eigenvalue weighted by Crippen LogP contribution is -1.95. The monoisotopic (exact) mass is 290 g/mol. The van der Waals surface area contributed by atoms with Gasteiger partial charge in [-0.05, 0) is 23.5 Å². The summed E-state index contributed by atoms with van der Waals surface area (Å²) in [7, 11) is 0. The fraction of sp³-hybridized carbons (Fsp3) is 0.455. The highest BCUT2D eigenvalue weighted by atomic mass is 127. The highest BCUT2D eigenvalue weighted by Crippen LogP contribution is 2.20. The van der Waals surface area contributed by atoms with E-state index in [0.717, 1.165) is 5.56 Å². The van der Waals surface area contributed by atoms with Crippen molar-refractivity contribution in [2.45, 2.75) is 25.9 Å². The molecule has 2 heteroatoms. The van der Waals surface area contributed by atoms with Gasteiger partial charge in [0.25, 0.3) is 0 Å². The van der Waals surface area contributed by atoms with E-state index in [1.807, 2.05) is 12.1 Å². The molecule has 0 saturated heterocycles. The van der Waals surface area contributed by atoms with Gasteiger partial charge in [0.15, 0.2) is 0 Å². The third kappa shape index (κ3) is 3.27. The van der Waals surface area contributed by atoms with Crippen LogP contribution in [0.4, 0.5) is 0 Å². The molecule has 0 aromatic heterocycles. The summed E-state index contributed by atoms with van der Waals surface area (Å²) in [6, 6.07) is 8.21. The maximum absolute atomic E-state index is 8.97. The number of alkyl halides is 1. The van der Waals surface area contributed by atoms with Crippen LogP contribution in [0.25, 0.3) is 0 Å². The minimum absolute atomic E-state index is 0.144. The van der Waals surface area contributed by atoms with Gasteiger partial charge in [-0.15, -0.1) is 0 Å². The molecule has 0 saturated carbocycles. The van der Waals surface area contributed by atoms with Gasteiger partial charge in [0.2, 0.25) is 0 Å². The Labute approximate surface area is 93.3 Å². The topological polar surface area (TPSA) is 20.2 Å². The Hall–Kier alpha value is -0.0900. The molecule has 0 amide bonds. The summed E-state index contributed by atoms with van der Waals surface area (Å²) in [6.45, 7) is 2.37. The van der Waals surface area contributed by atoms with Gasteiger partial charge >= 0.3 is 0 Å². The maximum Gasteiger partial charge on any atom is 0.0681 e. The molecule has 1 nitrogen and oxygen atoms in total. The lowest BCUT2D eigenvalue weighted by Gasteiger charge is -2.10. The first-order valence-corrected chi connectivity index (χ1v) is 6.06. The van der Waals surface area contributed by atoms with E-state index in [1.54, 1.807) is 0 Å². The Kier molecular flexibility index (Phi) is 4.73. The van der Waals surface area contributed by atoms with Gasteiger partial charge in [-0.2, -0.15) is 0 Å². The van der Waals surface area contributed by atoms with E-state index in [4.69, 9.17) is 5.11 Å². The van der Waals surface area contributed by atoms with Crippen LogP contribution < -0.4 is 0 Å². The molecule has 0 bridgehead atoms. The summed E-state index contributed by atoms with van der Waals surface area (Å²) in [5.41, 5.74) is 2.35. The molecule has 0 radical (unpaired) electrons. The number of aliphatic hydroxyl groups excluding tert-OH is 1. The second kappa shape index (κ2) is 5.60. The van der Waals surface area contributed by atoms with E-state index < -0.39 is 0 Å². The van der Waals surface area contributed by atoms with Crippen molar-refractivity contribution in [1.82, 2.24) is 0 Å². The molecule has 0 fully saturated rings. The lowest BCUT2D eigenvalue weighted by molar-refractivity contribution is 0.281. The molecule has 1 atom stereocenters. The van der Waals surface area contributed by atoms with Crippen molar-refractivity contribution >= 4 is 22.6 Å². The molecule has 1 aromatic carbocycles. The molecule has 0 spiro atoms. The van der Waals surface area contributed by atoms with Crippen molar-refractivity contribution in [3.05, 3.63) is 35.4 Å². The summed E-state index contributed by atoms with van der Waals surface area (Å²) >= 11 is 2.40. The SMILES string of the molecule is CC(CCI)c1cccc(CO)c1. The van der Waals surface area contributed by atoms with Crippen molar-refractivity contribution in [2.24, 2.45) is 0 Å². The summed E-state index contributed by atoms with van der Waals surface area (Å²) in [5, 5.41) is 8.97. The first-order chi connectivity index (χ1) is 6.27. The zero-order valence-electron chi connectivity index (χ0n) is 7.83. The first kappa shape index (κ1) is 11.0. The Bertz CT molecular complexity index is 260. The third-order valence-electron chi connectivity index (χ3n) is 2.24. The Balaban J connectivity index is 2.75. The molecule has 0 heterocycles. The van der Waals surface area contributed by atoms with E-state index in [-0.39, 0.29) is 6.61 Å². The Morgan fingerprint density at radius 2 is 2.23 bits per heavy atom. The second-order valence-corrected chi connectivity index (χ2v) is 4.36. The van der Waals surface area contributed by atoms with Crippen molar-refractivity contribution in [3.63, 3.8) is 0 Å². The largest absolute Gasteiger partial charge is 0.392 e. The number of hydrogen-bond donors (Lipinski definition) is 1. The Morgan fingerprint density at radius 1 is 1.46 bits per heavy atom. The van der Waals surface area contributed by atoms with Crippen LogP contribution >= 0.6 is 22.6 Å². The summed E-state index contributed by atoms with van der Waals surface area (Å²) < 4.78 is 1.18. The average molecular weight is 290 g/mol. The van der Waals surface area contributed by atoms with Gasteiger partial charge in [0.05, 0.1) is 6.61 Å². The average Bonchev–Trinajstić information content (AvgIpc) is 2.18.